The van der Waals surface area contributed by atoms with Gasteiger partial charge in [0.05, 0.1) is 6.61 Å². The lowest BCUT2D eigenvalue weighted by molar-refractivity contribution is -0.123. The monoisotopic (exact) mass is 346 g/mol. The average molecular weight is 346 g/mol. The Hall–Kier alpha value is -2.17. The lowest BCUT2D eigenvalue weighted by Crippen LogP contribution is -2.38. The molecule has 1 fully saturated rings. The summed E-state index contributed by atoms with van der Waals surface area (Å²) in [4.78, 5) is 27.1. The fourth-order valence-corrected chi connectivity index (χ4v) is 3.00. The lowest BCUT2D eigenvalue weighted by Gasteiger charge is -2.24. The van der Waals surface area contributed by atoms with Crippen LogP contribution < -0.4 is 10.1 Å². The fourth-order valence-electron chi connectivity index (χ4n) is 3.00. The summed E-state index contributed by atoms with van der Waals surface area (Å²) in [5.74, 6) is 0.357. The molecule has 0 aliphatic heterocycles. The highest BCUT2D eigenvalue weighted by Crippen LogP contribution is 2.24. The second-order valence-corrected chi connectivity index (χ2v) is 6.08. The number of rotatable bonds is 9. The predicted molar refractivity (Wildman–Crippen MR) is 94.3 cm³/mol. The quantitative estimate of drug-likeness (QED) is 0.424. The molecular formula is C19H26N2O4. The number of hydrogen-bond donors (Lipinski definition) is 1. The Morgan fingerprint density at radius 2 is 2.12 bits per heavy atom. The van der Waals surface area contributed by atoms with Crippen LogP contribution in [0.4, 0.5) is 0 Å². The molecule has 0 bridgehead atoms. The smallest absolute Gasteiger partial charge is 0.250 e. The summed E-state index contributed by atoms with van der Waals surface area (Å²) in [6, 6.07) is 6.35. The molecule has 1 amide bonds. The summed E-state index contributed by atoms with van der Waals surface area (Å²) < 4.78 is 10.8. The Kier molecular flexibility index (Phi) is 8.16. The Bertz CT molecular complexity index is 593. The molecule has 1 N–H and O–H groups in total. The molecule has 1 aromatic carbocycles. The van der Waals surface area contributed by atoms with Crippen LogP contribution in [-0.4, -0.2) is 37.8 Å². The number of aliphatic imine (C=N–C) groups is 1. The van der Waals surface area contributed by atoms with Crippen LogP contribution >= 0.6 is 0 Å². The van der Waals surface area contributed by atoms with Crippen molar-refractivity contribution >= 4 is 12.0 Å². The third-order valence-corrected chi connectivity index (χ3v) is 4.26. The molecule has 1 aliphatic carbocycles. The van der Waals surface area contributed by atoms with E-state index < -0.39 is 6.04 Å². The SMILES string of the molecule is CCOCCOc1cccc(C(N=C=O)C(=O)NC2CCCCC2)c1. The van der Waals surface area contributed by atoms with Crippen molar-refractivity contribution < 1.29 is 19.1 Å². The molecule has 1 unspecified atom stereocenters. The normalized spacial score (nSPS) is 15.9. The van der Waals surface area contributed by atoms with Crippen LogP contribution in [0.3, 0.4) is 0 Å². The molecule has 6 nitrogen and oxygen atoms in total. The minimum Gasteiger partial charge on any atom is -0.491 e. The van der Waals surface area contributed by atoms with Crippen molar-refractivity contribution in [2.24, 2.45) is 4.99 Å². The third kappa shape index (κ3) is 6.33. The van der Waals surface area contributed by atoms with Gasteiger partial charge in [0, 0.05) is 12.6 Å². The molecule has 0 spiro atoms. The highest BCUT2D eigenvalue weighted by molar-refractivity contribution is 5.84. The van der Waals surface area contributed by atoms with E-state index in [1.165, 1.54) is 12.5 Å². The van der Waals surface area contributed by atoms with Crippen molar-refractivity contribution in [1.82, 2.24) is 5.32 Å². The number of carbonyl (C=O) groups excluding carboxylic acids is 2. The Morgan fingerprint density at radius 3 is 2.84 bits per heavy atom. The van der Waals surface area contributed by atoms with Gasteiger partial charge in [-0.25, -0.2) is 4.79 Å². The molecule has 25 heavy (non-hydrogen) atoms. The topological polar surface area (TPSA) is 77.0 Å². The highest BCUT2D eigenvalue weighted by atomic mass is 16.5. The lowest BCUT2D eigenvalue weighted by atomic mass is 9.95. The van der Waals surface area contributed by atoms with E-state index in [2.05, 4.69) is 10.3 Å². The van der Waals surface area contributed by atoms with Crippen molar-refractivity contribution in [2.75, 3.05) is 19.8 Å². The van der Waals surface area contributed by atoms with E-state index in [0.717, 1.165) is 25.7 Å². The van der Waals surface area contributed by atoms with Crippen LogP contribution in [0.25, 0.3) is 0 Å². The van der Waals surface area contributed by atoms with Crippen molar-refractivity contribution in [3.8, 4) is 5.75 Å². The van der Waals surface area contributed by atoms with Gasteiger partial charge in [-0.05, 0) is 37.5 Å². The van der Waals surface area contributed by atoms with Crippen molar-refractivity contribution in [2.45, 2.75) is 51.1 Å². The van der Waals surface area contributed by atoms with Crippen LogP contribution in [0.1, 0.15) is 50.6 Å². The van der Waals surface area contributed by atoms with E-state index in [1.54, 1.807) is 24.3 Å². The zero-order valence-electron chi connectivity index (χ0n) is 14.7. The summed E-state index contributed by atoms with van der Waals surface area (Å²) in [6.07, 6.45) is 6.92. The summed E-state index contributed by atoms with van der Waals surface area (Å²) in [6.45, 7) is 3.49. The van der Waals surface area contributed by atoms with E-state index in [-0.39, 0.29) is 11.9 Å². The second-order valence-electron chi connectivity index (χ2n) is 6.08. The molecule has 1 atom stereocenters. The van der Waals surface area contributed by atoms with Crippen LogP contribution in [0.5, 0.6) is 5.75 Å². The van der Waals surface area contributed by atoms with E-state index >= 15 is 0 Å². The minimum atomic E-state index is -0.894. The molecule has 6 heteroatoms. The van der Waals surface area contributed by atoms with Gasteiger partial charge < -0.3 is 14.8 Å². The van der Waals surface area contributed by atoms with Gasteiger partial charge in [-0.1, -0.05) is 31.4 Å². The Labute approximate surface area is 148 Å². The number of isocyanates is 1. The molecule has 0 radical (unpaired) electrons. The first-order chi connectivity index (χ1) is 12.2. The van der Waals surface area contributed by atoms with Crippen LogP contribution in [0, 0.1) is 0 Å². The maximum atomic E-state index is 12.6. The Balaban J connectivity index is 2.02. The number of carbonyl (C=O) groups is 1. The number of ether oxygens (including phenoxy) is 2. The first kappa shape index (κ1) is 19.2. The van der Waals surface area contributed by atoms with Crippen molar-refractivity contribution in [1.29, 1.82) is 0 Å². The van der Waals surface area contributed by atoms with Crippen molar-refractivity contribution in [3.05, 3.63) is 29.8 Å². The summed E-state index contributed by atoms with van der Waals surface area (Å²) in [5, 5.41) is 3.01. The zero-order chi connectivity index (χ0) is 17.9. The van der Waals surface area contributed by atoms with E-state index in [0.29, 0.717) is 31.1 Å². The molecule has 0 heterocycles. The summed E-state index contributed by atoms with van der Waals surface area (Å²) in [7, 11) is 0. The van der Waals surface area contributed by atoms with Gasteiger partial charge in [0.15, 0.2) is 6.04 Å². The highest BCUT2D eigenvalue weighted by Gasteiger charge is 2.24. The molecule has 1 aromatic rings. The van der Waals surface area contributed by atoms with Gasteiger partial charge >= 0.3 is 0 Å². The third-order valence-electron chi connectivity index (χ3n) is 4.26. The van der Waals surface area contributed by atoms with Crippen LogP contribution in [-0.2, 0) is 14.3 Å². The Morgan fingerprint density at radius 1 is 1.32 bits per heavy atom. The fraction of sp³-hybridized carbons (Fsp3) is 0.579. The predicted octanol–water partition coefficient (Wildman–Crippen LogP) is 2.93. The number of benzene rings is 1. The van der Waals surface area contributed by atoms with Gasteiger partial charge in [0.2, 0.25) is 6.08 Å². The standard InChI is InChI=1S/C19H26N2O4/c1-2-24-11-12-25-17-10-6-7-15(13-17)18(20-14-22)19(23)21-16-8-4-3-5-9-16/h6-7,10,13,16,18H,2-5,8-9,11-12H2,1H3,(H,21,23). The summed E-state index contributed by atoms with van der Waals surface area (Å²) >= 11 is 0. The molecule has 0 aromatic heterocycles. The molecule has 2 rings (SSSR count). The number of nitrogens with one attached hydrogen (secondary N) is 1. The van der Waals surface area contributed by atoms with Crippen LogP contribution in [0.2, 0.25) is 0 Å². The molecule has 1 saturated carbocycles. The van der Waals surface area contributed by atoms with Crippen molar-refractivity contribution in [3.63, 3.8) is 0 Å². The van der Waals surface area contributed by atoms with Crippen LogP contribution in [0.15, 0.2) is 29.3 Å². The molecule has 1 aliphatic rings. The van der Waals surface area contributed by atoms with Gasteiger partial charge in [0.25, 0.3) is 5.91 Å². The van der Waals surface area contributed by atoms with E-state index in [9.17, 15) is 9.59 Å². The average Bonchev–Trinajstić information content (AvgIpc) is 2.64. The van der Waals surface area contributed by atoms with Gasteiger partial charge in [-0.2, -0.15) is 4.99 Å². The number of nitrogens with zero attached hydrogens (tertiary/aromatic N) is 1. The van der Waals surface area contributed by atoms with Gasteiger partial charge in [0.1, 0.15) is 12.4 Å². The maximum absolute atomic E-state index is 12.6. The summed E-state index contributed by atoms with van der Waals surface area (Å²) in [5.41, 5.74) is 0.616. The minimum absolute atomic E-state index is 0.163. The van der Waals surface area contributed by atoms with E-state index in [4.69, 9.17) is 9.47 Å². The first-order valence-corrected chi connectivity index (χ1v) is 8.92. The van der Waals surface area contributed by atoms with Gasteiger partial charge in [-0.3, -0.25) is 4.79 Å². The number of amides is 1. The zero-order valence-corrected chi connectivity index (χ0v) is 14.7. The van der Waals surface area contributed by atoms with E-state index in [1.807, 2.05) is 6.92 Å². The molecule has 0 saturated heterocycles. The van der Waals surface area contributed by atoms with Gasteiger partial charge in [-0.15, -0.1) is 0 Å². The second kappa shape index (κ2) is 10.6. The molecular weight excluding hydrogens is 320 g/mol. The molecule has 136 valence electrons. The first-order valence-electron chi connectivity index (χ1n) is 8.92. The number of hydrogen-bond acceptors (Lipinski definition) is 5. The largest absolute Gasteiger partial charge is 0.491 e. The maximum Gasteiger partial charge on any atom is 0.250 e.